The molecule has 112 valence electrons. The largest absolute Gasteiger partial charge is 0.492 e. The van der Waals surface area contributed by atoms with Crippen LogP contribution in [0.25, 0.3) is 0 Å². The van der Waals surface area contributed by atoms with E-state index in [0.717, 1.165) is 0 Å². The van der Waals surface area contributed by atoms with Gasteiger partial charge < -0.3 is 15.0 Å². The normalized spacial score (nSPS) is 10.6. The molecule has 0 aliphatic heterocycles. The minimum absolute atomic E-state index is 0.0890. The van der Waals surface area contributed by atoms with Gasteiger partial charge in [0.05, 0.1) is 16.7 Å². The summed E-state index contributed by atoms with van der Waals surface area (Å²) in [5.74, 6) is 0.518. The molecule has 1 aromatic carbocycles. The van der Waals surface area contributed by atoms with Gasteiger partial charge in [-0.1, -0.05) is 23.2 Å². The van der Waals surface area contributed by atoms with Crippen LogP contribution in [0.15, 0.2) is 39.7 Å². The molecule has 21 heavy (non-hydrogen) atoms. The molecule has 0 atom stereocenters. The number of pyridine rings is 1. The Kier molecular flexibility index (Phi) is 5.56. The molecular weight excluding hydrogens is 379 g/mol. The van der Waals surface area contributed by atoms with E-state index in [4.69, 9.17) is 33.7 Å². The van der Waals surface area contributed by atoms with Gasteiger partial charge in [-0.15, -0.1) is 0 Å². The SMILES string of the molecule is Nc1ccc(=O)n(CCCOc2cc(Cl)c(Br)cc2Cl)c1. The fourth-order valence-electron chi connectivity index (χ4n) is 1.76. The first-order chi connectivity index (χ1) is 9.97. The quantitative estimate of drug-likeness (QED) is 0.619. The molecule has 0 saturated carbocycles. The molecule has 0 radical (unpaired) electrons. The van der Waals surface area contributed by atoms with Crippen molar-refractivity contribution in [2.75, 3.05) is 12.3 Å². The molecule has 0 aliphatic rings. The third kappa shape index (κ3) is 4.40. The number of aryl methyl sites for hydroxylation is 1. The van der Waals surface area contributed by atoms with Crippen LogP contribution in [0.4, 0.5) is 5.69 Å². The summed E-state index contributed by atoms with van der Waals surface area (Å²) in [5, 5.41) is 1.01. The highest BCUT2D eigenvalue weighted by Crippen LogP contribution is 2.34. The van der Waals surface area contributed by atoms with Crippen molar-refractivity contribution in [1.29, 1.82) is 0 Å². The van der Waals surface area contributed by atoms with Crippen molar-refractivity contribution in [3.63, 3.8) is 0 Å². The van der Waals surface area contributed by atoms with E-state index in [1.165, 1.54) is 6.07 Å². The molecule has 2 aromatic rings. The minimum atomic E-state index is -0.0890. The number of nitrogen functional groups attached to an aromatic ring is 1. The van der Waals surface area contributed by atoms with E-state index in [1.54, 1.807) is 29.0 Å². The molecule has 0 bridgehead atoms. The molecule has 2 N–H and O–H groups in total. The molecule has 0 spiro atoms. The highest BCUT2D eigenvalue weighted by Gasteiger charge is 2.06. The maximum Gasteiger partial charge on any atom is 0.250 e. The molecule has 1 aromatic heterocycles. The predicted octanol–water partition coefficient (Wildman–Crippen LogP) is 3.97. The van der Waals surface area contributed by atoms with Crippen molar-refractivity contribution < 1.29 is 4.74 Å². The number of anilines is 1. The van der Waals surface area contributed by atoms with Gasteiger partial charge in [0.1, 0.15) is 5.75 Å². The second kappa shape index (κ2) is 7.20. The summed E-state index contributed by atoms with van der Waals surface area (Å²) in [6, 6.07) is 6.36. The third-order valence-electron chi connectivity index (χ3n) is 2.78. The van der Waals surface area contributed by atoms with Crippen molar-refractivity contribution in [3.8, 4) is 5.75 Å². The minimum Gasteiger partial charge on any atom is -0.492 e. The van der Waals surface area contributed by atoms with Crippen LogP contribution in [-0.4, -0.2) is 11.2 Å². The van der Waals surface area contributed by atoms with E-state index < -0.39 is 0 Å². The Balaban J connectivity index is 1.92. The van der Waals surface area contributed by atoms with Gasteiger partial charge in [-0.3, -0.25) is 4.79 Å². The van der Waals surface area contributed by atoms with Crippen LogP contribution in [0.5, 0.6) is 5.75 Å². The van der Waals surface area contributed by atoms with Crippen molar-refractivity contribution in [2.45, 2.75) is 13.0 Å². The van der Waals surface area contributed by atoms with Gasteiger partial charge in [-0.2, -0.15) is 0 Å². The monoisotopic (exact) mass is 390 g/mol. The lowest BCUT2D eigenvalue weighted by Crippen LogP contribution is -2.20. The molecule has 0 saturated heterocycles. The molecule has 4 nitrogen and oxygen atoms in total. The lowest BCUT2D eigenvalue weighted by Gasteiger charge is -2.10. The number of hydrogen-bond donors (Lipinski definition) is 1. The van der Waals surface area contributed by atoms with E-state index in [2.05, 4.69) is 15.9 Å². The van der Waals surface area contributed by atoms with E-state index in [9.17, 15) is 4.79 Å². The molecular formula is C14H13BrCl2N2O2. The Morgan fingerprint density at radius 2 is 2.00 bits per heavy atom. The fourth-order valence-corrected chi connectivity index (χ4v) is 2.60. The summed E-state index contributed by atoms with van der Waals surface area (Å²) in [6.45, 7) is 0.935. The Labute approximate surface area is 140 Å². The van der Waals surface area contributed by atoms with Crippen LogP contribution < -0.4 is 16.0 Å². The molecule has 7 heteroatoms. The van der Waals surface area contributed by atoms with Gasteiger partial charge >= 0.3 is 0 Å². The summed E-state index contributed by atoms with van der Waals surface area (Å²) >= 11 is 15.3. The number of ether oxygens (including phenoxy) is 1. The van der Waals surface area contributed by atoms with Gasteiger partial charge in [0, 0.05) is 35.0 Å². The zero-order valence-electron chi connectivity index (χ0n) is 11.0. The highest BCUT2D eigenvalue weighted by molar-refractivity contribution is 9.10. The molecule has 2 rings (SSSR count). The zero-order chi connectivity index (χ0) is 15.4. The van der Waals surface area contributed by atoms with Crippen molar-refractivity contribution in [2.24, 2.45) is 0 Å². The van der Waals surface area contributed by atoms with E-state index in [1.807, 2.05) is 0 Å². The second-order valence-electron chi connectivity index (χ2n) is 4.39. The van der Waals surface area contributed by atoms with Gasteiger partial charge in [-0.05, 0) is 34.5 Å². The topological polar surface area (TPSA) is 57.2 Å². The number of benzene rings is 1. The Morgan fingerprint density at radius 1 is 1.24 bits per heavy atom. The first kappa shape index (κ1) is 16.2. The molecule has 0 unspecified atom stereocenters. The fraction of sp³-hybridized carbons (Fsp3) is 0.214. The van der Waals surface area contributed by atoms with Gasteiger partial charge in [0.15, 0.2) is 0 Å². The van der Waals surface area contributed by atoms with Crippen LogP contribution in [-0.2, 0) is 6.54 Å². The number of aromatic nitrogens is 1. The standard InChI is InChI=1S/C14H13BrCl2N2O2/c15-10-6-12(17)13(7-11(10)16)21-5-1-4-19-8-9(18)2-3-14(19)20/h2-3,6-8H,1,4-5,18H2. The molecule has 0 amide bonds. The lowest BCUT2D eigenvalue weighted by atomic mass is 10.3. The Bertz CT molecular complexity index is 704. The van der Waals surface area contributed by atoms with Crippen LogP contribution in [0, 0.1) is 0 Å². The van der Waals surface area contributed by atoms with Gasteiger partial charge in [-0.25, -0.2) is 0 Å². The van der Waals surface area contributed by atoms with Crippen LogP contribution in [0.3, 0.4) is 0 Å². The second-order valence-corrected chi connectivity index (χ2v) is 6.06. The summed E-state index contributed by atoms with van der Waals surface area (Å²) in [5.41, 5.74) is 6.11. The maximum absolute atomic E-state index is 11.6. The smallest absolute Gasteiger partial charge is 0.250 e. The molecule has 0 aliphatic carbocycles. The van der Waals surface area contributed by atoms with Crippen LogP contribution in [0.2, 0.25) is 10.0 Å². The molecule has 0 fully saturated rings. The number of nitrogens with two attached hydrogens (primary N) is 1. The van der Waals surface area contributed by atoms with Crippen LogP contribution >= 0.6 is 39.1 Å². The average molecular weight is 392 g/mol. The number of hydrogen-bond acceptors (Lipinski definition) is 3. The highest BCUT2D eigenvalue weighted by atomic mass is 79.9. The van der Waals surface area contributed by atoms with Crippen molar-refractivity contribution in [3.05, 3.63) is 55.3 Å². The van der Waals surface area contributed by atoms with Gasteiger partial charge in [0.25, 0.3) is 5.56 Å². The predicted molar refractivity (Wildman–Crippen MR) is 89.4 cm³/mol. The maximum atomic E-state index is 11.6. The van der Waals surface area contributed by atoms with Gasteiger partial charge in [0.2, 0.25) is 0 Å². The Morgan fingerprint density at radius 3 is 2.76 bits per heavy atom. The summed E-state index contributed by atoms with van der Waals surface area (Å²) in [6.07, 6.45) is 2.26. The average Bonchev–Trinajstić information content (AvgIpc) is 2.43. The summed E-state index contributed by atoms with van der Waals surface area (Å²) < 4.78 is 7.85. The number of rotatable bonds is 5. The number of halogens is 3. The van der Waals surface area contributed by atoms with E-state index in [0.29, 0.717) is 45.5 Å². The lowest BCUT2D eigenvalue weighted by molar-refractivity contribution is 0.301. The first-order valence-corrected chi connectivity index (χ1v) is 7.75. The summed E-state index contributed by atoms with van der Waals surface area (Å²) in [7, 11) is 0. The first-order valence-electron chi connectivity index (χ1n) is 6.20. The Hall–Kier alpha value is -1.17. The third-order valence-corrected chi connectivity index (χ3v) is 4.27. The van der Waals surface area contributed by atoms with E-state index in [-0.39, 0.29) is 5.56 Å². The molecule has 1 heterocycles. The number of nitrogens with zero attached hydrogens (tertiary/aromatic N) is 1. The van der Waals surface area contributed by atoms with Crippen molar-refractivity contribution in [1.82, 2.24) is 4.57 Å². The van der Waals surface area contributed by atoms with E-state index >= 15 is 0 Å². The van der Waals surface area contributed by atoms with Crippen molar-refractivity contribution >= 4 is 44.8 Å². The van der Waals surface area contributed by atoms with Crippen LogP contribution in [0.1, 0.15) is 6.42 Å². The zero-order valence-corrected chi connectivity index (χ0v) is 14.1. The summed E-state index contributed by atoms with van der Waals surface area (Å²) in [4.78, 5) is 11.6.